The average molecular weight is 287 g/mol. The summed E-state index contributed by atoms with van der Waals surface area (Å²) in [5, 5.41) is 3.25. The maximum Gasteiger partial charge on any atom is 0.346 e. The maximum absolute atomic E-state index is 11.9. The van der Waals surface area contributed by atoms with Gasteiger partial charge in [0.25, 0.3) is 15.2 Å². The first-order valence-electron chi connectivity index (χ1n) is 5.77. The fraction of sp³-hybridized carbons (Fsp3) is 0.500. The smallest absolute Gasteiger partial charge is 0.323 e. The van der Waals surface area contributed by atoms with Gasteiger partial charge in [0, 0.05) is 19.6 Å². The summed E-state index contributed by atoms with van der Waals surface area (Å²) >= 11 is 0. The molecule has 0 aliphatic heterocycles. The molecule has 1 aromatic rings. The highest BCUT2D eigenvalue weighted by Crippen LogP contribution is 2.02. The van der Waals surface area contributed by atoms with Gasteiger partial charge < -0.3 is 4.90 Å². The van der Waals surface area contributed by atoms with Crippen molar-refractivity contribution in [3.8, 4) is 0 Å². The Balaban J connectivity index is 2.94. The Bertz CT molecular complexity index is 547. The van der Waals surface area contributed by atoms with E-state index >= 15 is 0 Å². The van der Waals surface area contributed by atoms with Crippen LogP contribution in [0.5, 0.6) is 0 Å². The Morgan fingerprint density at radius 1 is 1.53 bits per heavy atom. The summed E-state index contributed by atoms with van der Waals surface area (Å²) in [6.45, 7) is 8.13. The van der Waals surface area contributed by atoms with Crippen LogP contribution in [0.15, 0.2) is 24.1 Å². The second-order valence-corrected chi connectivity index (χ2v) is 5.23. The lowest BCUT2D eigenvalue weighted by Crippen LogP contribution is -2.35. The molecule has 8 nitrogen and oxygen atoms in total. The highest BCUT2D eigenvalue weighted by Gasteiger charge is 2.21. The highest BCUT2D eigenvalue weighted by atomic mass is 32.2. The van der Waals surface area contributed by atoms with Gasteiger partial charge in [0.15, 0.2) is 0 Å². The summed E-state index contributed by atoms with van der Waals surface area (Å²) < 4.78 is 26.6. The number of nitrogens with one attached hydrogen (secondary N) is 1. The van der Waals surface area contributed by atoms with Crippen molar-refractivity contribution in [2.75, 3.05) is 19.6 Å². The van der Waals surface area contributed by atoms with E-state index in [1.807, 2.05) is 13.8 Å². The van der Waals surface area contributed by atoms with Crippen LogP contribution in [0.2, 0.25) is 0 Å². The van der Waals surface area contributed by atoms with Crippen LogP contribution >= 0.6 is 0 Å². The molecule has 0 fully saturated rings. The van der Waals surface area contributed by atoms with Crippen LogP contribution in [0, 0.1) is 0 Å². The first kappa shape index (κ1) is 15.3. The van der Waals surface area contributed by atoms with E-state index in [0.29, 0.717) is 13.1 Å². The van der Waals surface area contributed by atoms with Gasteiger partial charge >= 0.3 is 6.03 Å². The van der Waals surface area contributed by atoms with Crippen molar-refractivity contribution in [3.63, 3.8) is 0 Å². The van der Waals surface area contributed by atoms with Crippen molar-refractivity contribution in [2.24, 2.45) is 0 Å². The van der Waals surface area contributed by atoms with Gasteiger partial charge in [0.05, 0.1) is 0 Å². The van der Waals surface area contributed by atoms with E-state index in [-0.39, 0.29) is 6.54 Å². The molecule has 1 rings (SSSR count). The van der Waals surface area contributed by atoms with Gasteiger partial charge in [-0.15, -0.1) is 11.7 Å². The fourth-order valence-corrected chi connectivity index (χ4v) is 2.18. The predicted molar refractivity (Wildman–Crippen MR) is 69.1 cm³/mol. The molecule has 0 radical (unpaired) electrons. The Morgan fingerprint density at radius 2 is 2.16 bits per heavy atom. The van der Waals surface area contributed by atoms with E-state index in [4.69, 9.17) is 0 Å². The molecule has 0 unspecified atom stereocenters. The van der Waals surface area contributed by atoms with Gasteiger partial charge in [0.1, 0.15) is 6.33 Å². The van der Waals surface area contributed by atoms with E-state index in [0.717, 1.165) is 11.0 Å². The van der Waals surface area contributed by atoms with Crippen molar-refractivity contribution in [1.82, 2.24) is 24.4 Å². The molecule has 0 saturated heterocycles. The third-order valence-corrected chi connectivity index (χ3v) is 3.57. The van der Waals surface area contributed by atoms with E-state index in [2.05, 4.69) is 21.4 Å². The topological polar surface area (TPSA) is 97.2 Å². The molecule has 0 saturated carbocycles. The molecule has 1 heterocycles. The molecule has 1 N–H and O–H groups in total. The normalized spacial score (nSPS) is 11.3. The molecule has 0 aliphatic carbocycles. The molecule has 0 atom stereocenters. The van der Waals surface area contributed by atoms with E-state index < -0.39 is 21.2 Å². The summed E-state index contributed by atoms with van der Waals surface area (Å²) in [5.41, 5.74) is 0. The second kappa shape index (κ2) is 6.43. The number of rotatable bonds is 6. The van der Waals surface area contributed by atoms with Crippen LogP contribution in [-0.4, -0.2) is 53.7 Å². The minimum atomic E-state index is -3.81. The van der Waals surface area contributed by atoms with Crippen molar-refractivity contribution in [3.05, 3.63) is 19.0 Å². The summed E-state index contributed by atoms with van der Waals surface area (Å²) in [5.74, 6) is 0. The van der Waals surface area contributed by atoms with Gasteiger partial charge in [-0.25, -0.2) is 22.9 Å². The second-order valence-electron chi connectivity index (χ2n) is 3.57. The van der Waals surface area contributed by atoms with E-state index in [9.17, 15) is 13.2 Å². The van der Waals surface area contributed by atoms with Crippen molar-refractivity contribution < 1.29 is 13.2 Å². The minimum Gasteiger partial charge on any atom is -0.323 e. The van der Waals surface area contributed by atoms with Crippen LogP contribution in [0.1, 0.15) is 13.8 Å². The Labute approximate surface area is 112 Å². The Kier molecular flexibility index (Phi) is 5.19. The molecule has 19 heavy (non-hydrogen) atoms. The van der Waals surface area contributed by atoms with Gasteiger partial charge in [-0.05, 0) is 13.8 Å². The number of carbonyl (C=O) groups is 1. The highest BCUT2D eigenvalue weighted by molar-refractivity contribution is 7.89. The molecule has 1 amide bonds. The van der Waals surface area contributed by atoms with Gasteiger partial charge in [0.2, 0.25) is 0 Å². The summed E-state index contributed by atoms with van der Waals surface area (Å²) in [7, 11) is -3.81. The Morgan fingerprint density at radius 3 is 2.68 bits per heavy atom. The number of hydrogen-bond donors (Lipinski definition) is 1. The maximum atomic E-state index is 11.9. The number of nitrogens with zero attached hydrogens (tertiary/aromatic N) is 4. The number of hydrogen-bond acceptors (Lipinski definition) is 5. The quantitative estimate of drug-likeness (QED) is 0.746. The standard InChI is InChI=1S/C10H17N5O3S/c1-4-7-12-19(17,18)9-11-8-15(13-9)10(16)14(5-2)6-3/h4,8,12H,1,5-7H2,2-3H3. The molecular formula is C10H17N5O3S. The average Bonchev–Trinajstić information content (AvgIpc) is 2.88. The zero-order valence-corrected chi connectivity index (χ0v) is 11.7. The molecular weight excluding hydrogens is 270 g/mol. The molecule has 0 aromatic carbocycles. The molecule has 0 aliphatic rings. The third kappa shape index (κ3) is 3.61. The number of carbonyl (C=O) groups excluding carboxylic acids is 1. The first-order valence-corrected chi connectivity index (χ1v) is 7.26. The molecule has 0 spiro atoms. The minimum absolute atomic E-state index is 0.0703. The van der Waals surface area contributed by atoms with Crippen LogP contribution in [0.3, 0.4) is 0 Å². The lowest BCUT2D eigenvalue weighted by Gasteiger charge is -2.17. The zero-order chi connectivity index (χ0) is 14.5. The number of amides is 1. The van der Waals surface area contributed by atoms with Gasteiger partial charge in [-0.2, -0.15) is 4.68 Å². The van der Waals surface area contributed by atoms with E-state index in [1.54, 1.807) is 0 Å². The van der Waals surface area contributed by atoms with Gasteiger partial charge in [-0.1, -0.05) is 6.08 Å². The Hall–Kier alpha value is -1.74. The first-order chi connectivity index (χ1) is 8.96. The fourth-order valence-electron chi connectivity index (χ4n) is 1.34. The SMILES string of the molecule is C=CCNS(=O)(=O)c1ncn(C(=O)N(CC)CC)n1. The van der Waals surface area contributed by atoms with Crippen LogP contribution in [-0.2, 0) is 10.0 Å². The molecule has 1 aromatic heterocycles. The summed E-state index contributed by atoms with van der Waals surface area (Å²) in [6, 6.07) is -0.414. The largest absolute Gasteiger partial charge is 0.346 e. The lowest BCUT2D eigenvalue weighted by molar-refractivity contribution is 0.201. The van der Waals surface area contributed by atoms with Gasteiger partial charge in [-0.3, -0.25) is 0 Å². The van der Waals surface area contributed by atoms with Crippen molar-refractivity contribution in [1.29, 1.82) is 0 Å². The summed E-state index contributed by atoms with van der Waals surface area (Å²) in [4.78, 5) is 17.1. The lowest BCUT2D eigenvalue weighted by atomic mass is 10.5. The van der Waals surface area contributed by atoms with Crippen LogP contribution < -0.4 is 4.72 Å². The predicted octanol–water partition coefficient (Wildman–Crippen LogP) is 0.0523. The number of sulfonamides is 1. The van der Waals surface area contributed by atoms with Crippen molar-refractivity contribution >= 4 is 16.1 Å². The summed E-state index contributed by atoms with van der Waals surface area (Å²) in [6.07, 6.45) is 2.48. The van der Waals surface area contributed by atoms with E-state index in [1.165, 1.54) is 11.0 Å². The monoisotopic (exact) mass is 287 g/mol. The molecule has 9 heteroatoms. The third-order valence-electron chi connectivity index (χ3n) is 2.36. The number of aromatic nitrogens is 3. The van der Waals surface area contributed by atoms with Crippen LogP contribution in [0.4, 0.5) is 4.79 Å². The zero-order valence-electron chi connectivity index (χ0n) is 10.9. The van der Waals surface area contributed by atoms with Crippen LogP contribution in [0.25, 0.3) is 0 Å². The molecule has 106 valence electrons. The molecule has 0 bridgehead atoms. The van der Waals surface area contributed by atoms with Crippen molar-refractivity contribution in [2.45, 2.75) is 19.0 Å².